The normalized spacial score (nSPS) is 22.1. The van der Waals surface area contributed by atoms with Gasteiger partial charge in [-0.15, -0.1) is 0 Å². The molecule has 2 rings (SSSR count). The Hall–Kier alpha value is -1.66. The molecule has 0 saturated carbocycles. The number of unbranched alkanes of at least 4 members (excludes halogenated alkanes) is 12. The Morgan fingerprint density at radius 2 is 1.40 bits per heavy atom. The van der Waals surface area contributed by atoms with E-state index in [9.17, 15) is 9.59 Å². The first-order valence-corrected chi connectivity index (χ1v) is 19.0. The van der Waals surface area contributed by atoms with E-state index in [1.165, 1.54) is 77.0 Å². The fourth-order valence-corrected chi connectivity index (χ4v) is 5.98. The Kier molecular flexibility index (Phi) is 15.0. The summed E-state index contributed by atoms with van der Waals surface area (Å²) in [6.45, 7) is 13.9. The van der Waals surface area contributed by atoms with Gasteiger partial charge in [-0.1, -0.05) is 97.3 Å². The summed E-state index contributed by atoms with van der Waals surface area (Å²) in [5.74, 6) is -0.594. The van der Waals surface area contributed by atoms with Crippen LogP contribution in [0.15, 0.2) is 35.5 Å². The van der Waals surface area contributed by atoms with Crippen molar-refractivity contribution in [1.29, 1.82) is 0 Å². The number of cyclic esters (lactones) is 2. The molecule has 0 bridgehead atoms. The second kappa shape index (κ2) is 17.3. The summed E-state index contributed by atoms with van der Waals surface area (Å²) in [4.78, 5) is 25.1. The molecule has 0 aliphatic carbocycles. The predicted molar refractivity (Wildman–Crippen MR) is 168 cm³/mol. The topological polar surface area (TPSA) is 61.8 Å². The van der Waals surface area contributed by atoms with Crippen molar-refractivity contribution in [2.75, 3.05) is 13.2 Å². The van der Waals surface area contributed by atoms with Gasteiger partial charge >= 0.3 is 11.9 Å². The number of carbonyl (C=O) groups excluding carboxylic acids is 2. The van der Waals surface area contributed by atoms with Crippen LogP contribution in [0.5, 0.6) is 0 Å². The molecule has 2 heterocycles. The first kappa shape index (κ1) is 34.5. The lowest BCUT2D eigenvalue weighted by Gasteiger charge is -2.38. The molecule has 40 heavy (non-hydrogen) atoms. The minimum atomic E-state index is -2.06. The Morgan fingerprint density at radius 3 is 1.95 bits per heavy atom. The van der Waals surface area contributed by atoms with Gasteiger partial charge in [-0.25, -0.2) is 9.59 Å². The van der Waals surface area contributed by atoms with E-state index in [-0.39, 0.29) is 23.6 Å². The number of carbonyl (C=O) groups is 2. The Labute approximate surface area is 246 Å². The lowest BCUT2D eigenvalue weighted by atomic mass is 9.94. The number of allylic oxidation sites excluding steroid dienone is 3. The van der Waals surface area contributed by atoms with E-state index in [2.05, 4.69) is 52.9 Å². The molecule has 0 aromatic carbocycles. The summed E-state index contributed by atoms with van der Waals surface area (Å²) in [7, 11) is -2.06. The molecule has 6 heteroatoms. The highest BCUT2D eigenvalue weighted by atomic mass is 28.4. The van der Waals surface area contributed by atoms with E-state index in [1.807, 2.05) is 12.2 Å². The average molecular weight is 575 g/mol. The van der Waals surface area contributed by atoms with Crippen molar-refractivity contribution in [1.82, 2.24) is 0 Å². The Bertz CT molecular complexity index is 879. The van der Waals surface area contributed by atoms with Crippen LogP contribution in [0.4, 0.5) is 0 Å². The predicted octanol–water partition coefficient (Wildman–Crippen LogP) is 9.53. The molecule has 0 unspecified atom stereocenters. The molecule has 0 N–H and O–H groups in total. The van der Waals surface area contributed by atoms with E-state index in [0.29, 0.717) is 30.6 Å². The van der Waals surface area contributed by atoms with Crippen molar-refractivity contribution in [2.24, 2.45) is 0 Å². The summed E-state index contributed by atoms with van der Waals surface area (Å²) >= 11 is 0. The van der Waals surface area contributed by atoms with Gasteiger partial charge in [0.1, 0.15) is 0 Å². The van der Waals surface area contributed by atoms with Crippen LogP contribution >= 0.6 is 0 Å². The molecule has 2 fully saturated rings. The van der Waals surface area contributed by atoms with Gasteiger partial charge in [-0.3, -0.25) is 0 Å². The molecule has 0 radical (unpaired) electrons. The molecule has 228 valence electrons. The molecule has 1 atom stereocenters. The molecule has 0 spiro atoms. The number of hydrogen-bond acceptors (Lipinski definition) is 5. The van der Waals surface area contributed by atoms with Gasteiger partial charge < -0.3 is 13.9 Å². The first-order chi connectivity index (χ1) is 19.0. The van der Waals surface area contributed by atoms with Gasteiger partial charge in [-0.05, 0) is 62.7 Å². The third-order valence-corrected chi connectivity index (χ3v) is 13.2. The van der Waals surface area contributed by atoms with Crippen LogP contribution in [0.2, 0.25) is 18.1 Å². The first-order valence-electron chi connectivity index (χ1n) is 16.1. The summed E-state index contributed by atoms with van der Waals surface area (Å²) in [5, 5.41) is 0.0404. The molecular formula is C34H58O5Si. The standard InChI is InChI=1S/C34H58O5Si/c1-7-8-9-10-11-12-13-14-15-16-17-18-19-20-21-22-23-29-26-34(39-32(29)36,27-30-24-25-37-31(30)35)28-38-40(5,6)33(2,3)4/h14-15,23,27H,7-13,16-22,24-26,28H2,1-6H3/b15-14-,29-23+,30-27-/t34-/m0/s1. The third-order valence-electron chi connectivity index (χ3n) is 8.69. The molecule has 2 aliphatic rings. The molecule has 2 aliphatic heterocycles. The van der Waals surface area contributed by atoms with Gasteiger partial charge in [0, 0.05) is 24.0 Å². The van der Waals surface area contributed by atoms with Crippen molar-refractivity contribution in [3.63, 3.8) is 0 Å². The van der Waals surface area contributed by atoms with Crippen LogP contribution in [0, 0.1) is 0 Å². The van der Waals surface area contributed by atoms with E-state index in [1.54, 1.807) is 0 Å². The SMILES string of the molecule is CCCCCCCC/C=C\CCCCCCC/C=C1\C[C@](/C=C2/CCOC2=O)(CO[Si](C)(C)C(C)(C)C)OC1=O. The highest BCUT2D eigenvalue weighted by Crippen LogP contribution is 2.40. The average Bonchev–Trinajstić information content (AvgIpc) is 3.43. The van der Waals surface area contributed by atoms with Crippen molar-refractivity contribution in [2.45, 2.75) is 154 Å². The summed E-state index contributed by atoms with van der Waals surface area (Å²) < 4.78 is 17.6. The van der Waals surface area contributed by atoms with E-state index in [0.717, 1.165) is 12.8 Å². The Morgan fingerprint density at radius 1 is 0.825 bits per heavy atom. The summed E-state index contributed by atoms with van der Waals surface area (Å²) in [6, 6.07) is 0. The van der Waals surface area contributed by atoms with Crippen LogP contribution < -0.4 is 0 Å². The number of hydrogen-bond donors (Lipinski definition) is 0. The molecule has 0 aromatic rings. The van der Waals surface area contributed by atoms with Gasteiger partial charge in [-0.2, -0.15) is 0 Å². The van der Waals surface area contributed by atoms with Crippen molar-refractivity contribution >= 4 is 20.3 Å². The van der Waals surface area contributed by atoms with Gasteiger partial charge in [0.15, 0.2) is 13.9 Å². The van der Waals surface area contributed by atoms with Crippen molar-refractivity contribution < 1.29 is 23.5 Å². The maximum absolute atomic E-state index is 12.9. The second-order valence-corrected chi connectivity index (χ2v) is 18.1. The largest absolute Gasteiger partial charge is 0.462 e. The zero-order chi connectivity index (χ0) is 29.5. The molecule has 0 aromatic heterocycles. The molecule has 0 amide bonds. The highest BCUT2D eigenvalue weighted by Gasteiger charge is 2.46. The lowest BCUT2D eigenvalue weighted by molar-refractivity contribution is -0.145. The van der Waals surface area contributed by atoms with Crippen molar-refractivity contribution in [3.8, 4) is 0 Å². The maximum atomic E-state index is 12.9. The Balaban J connectivity index is 1.74. The third kappa shape index (κ3) is 12.1. The quantitative estimate of drug-likeness (QED) is 0.0505. The number of ether oxygens (including phenoxy) is 2. The summed E-state index contributed by atoms with van der Waals surface area (Å²) in [6.07, 6.45) is 27.1. The zero-order valence-electron chi connectivity index (χ0n) is 26.6. The lowest BCUT2D eigenvalue weighted by Crippen LogP contribution is -2.45. The minimum absolute atomic E-state index is 0.0404. The fraction of sp³-hybridized carbons (Fsp3) is 0.765. The van der Waals surface area contributed by atoms with Crippen molar-refractivity contribution in [3.05, 3.63) is 35.5 Å². The fourth-order valence-electron chi connectivity index (χ4n) is 4.95. The second-order valence-electron chi connectivity index (χ2n) is 13.3. The molecule has 2 saturated heterocycles. The van der Waals surface area contributed by atoms with Crippen LogP contribution in [-0.4, -0.2) is 39.1 Å². The van der Waals surface area contributed by atoms with Crippen LogP contribution in [0.25, 0.3) is 0 Å². The van der Waals surface area contributed by atoms with Crippen LogP contribution in [0.1, 0.15) is 130 Å². The zero-order valence-corrected chi connectivity index (χ0v) is 27.6. The van der Waals surface area contributed by atoms with E-state index < -0.39 is 13.9 Å². The van der Waals surface area contributed by atoms with Crippen LogP contribution in [0.3, 0.4) is 0 Å². The van der Waals surface area contributed by atoms with E-state index >= 15 is 0 Å². The maximum Gasteiger partial charge on any atom is 0.334 e. The highest BCUT2D eigenvalue weighted by molar-refractivity contribution is 6.74. The number of esters is 2. The molecule has 5 nitrogen and oxygen atoms in total. The molecular weight excluding hydrogens is 516 g/mol. The van der Waals surface area contributed by atoms with Gasteiger partial charge in [0.2, 0.25) is 0 Å². The minimum Gasteiger partial charge on any atom is -0.462 e. The smallest absolute Gasteiger partial charge is 0.334 e. The number of rotatable bonds is 19. The van der Waals surface area contributed by atoms with E-state index in [4.69, 9.17) is 13.9 Å². The van der Waals surface area contributed by atoms with Gasteiger partial charge in [0.05, 0.1) is 13.2 Å². The van der Waals surface area contributed by atoms with Gasteiger partial charge in [0.25, 0.3) is 0 Å². The van der Waals surface area contributed by atoms with Crippen LogP contribution in [-0.2, 0) is 23.5 Å². The monoisotopic (exact) mass is 574 g/mol. The summed E-state index contributed by atoms with van der Waals surface area (Å²) in [5.41, 5.74) is 0.363.